The molecule has 0 aromatic heterocycles. The number of aryl methyl sites for hydroxylation is 1. The fourth-order valence-electron chi connectivity index (χ4n) is 2.41. The molecule has 3 aromatic carbocycles. The fourth-order valence-corrected chi connectivity index (χ4v) is 2.41. The second kappa shape index (κ2) is 8.67. The van der Waals surface area contributed by atoms with E-state index < -0.39 is 12.1 Å². The van der Waals surface area contributed by atoms with Crippen molar-refractivity contribution >= 4 is 17.7 Å². The van der Waals surface area contributed by atoms with Crippen molar-refractivity contribution in [1.82, 2.24) is 0 Å². The standard InChI is InChI=1S/C22H19NO4/c1-16-11-13-18(14-12-16)23-22(25)27-20-10-6-5-9-19(20)21(24)26-15-17-7-3-2-4-8-17/h2-14H,15H2,1H3,(H,23,25). The van der Waals surface area contributed by atoms with Gasteiger partial charge in [0.25, 0.3) is 0 Å². The highest BCUT2D eigenvalue weighted by molar-refractivity contribution is 5.94. The van der Waals surface area contributed by atoms with Crippen LogP contribution in [0.4, 0.5) is 10.5 Å². The molecule has 5 heteroatoms. The first-order valence-electron chi connectivity index (χ1n) is 8.47. The van der Waals surface area contributed by atoms with E-state index >= 15 is 0 Å². The van der Waals surface area contributed by atoms with Crippen molar-refractivity contribution in [1.29, 1.82) is 0 Å². The number of nitrogens with one attached hydrogen (secondary N) is 1. The van der Waals surface area contributed by atoms with E-state index in [1.165, 1.54) is 0 Å². The Bertz CT molecular complexity index is 921. The van der Waals surface area contributed by atoms with Gasteiger partial charge in [0.15, 0.2) is 0 Å². The van der Waals surface area contributed by atoms with Gasteiger partial charge < -0.3 is 9.47 Å². The molecule has 0 radical (unpaired) electrons. The summed E-state index contributed by atoms with van der Waals surface area (Å²) in [5, 5.41) is 2.63. The largest absolute Gasteiger partial charge is 0.457 e. The van der Waals surface area contributed by atoms with E-state index in [0.29, 0.717) is 5.69 Å². The van der Waals surface area contributed by atoms with Gasteiger partial charge >= 0.3 is 12.1 Å². The second-order valence-corrected chi connectivity index (χ2v) is 5.94. The van der Waals surface area contributed by atoms with E-state index in [9.17, 15) is 9.59 Å². The summed E-state index contributed by atoms with van der Waals surface area (Å²) in [4.78, 5) is 24.5. The van der Waals surface area contributed by atoms with Crippen LogP contribution in [0, 0.1) is 6.92 Å². The summed E-state index contributed by atoms with van der Waals surface area (Å²) < 4.78 is 10.6. The third-order valence-corrected chi connectivity index (χ3v) is 3.82. The lowest BCUT2D eigenvalue weighted by atomic mass is 10.2. The van der Waals surface area contributed by atoms with Crippen LogP contribution >= 0.6 is 0 Å². The van der Waals surface area contributed by atoms with Crippen molar-refractivity contribution in [2.45, 2.75) is 13.5 Å². The van der Waals surface area contributed by atoms with Gasteiger partial charge in [0.05, 0.1) is 0 Å². The number of hydrogen-bond acceptors (Lipinski definition) is 4. The molecule has 0 bridgehead atoms. The van der Waals surface area contributed by atoms with E-state index in [0.717, 1.165) is 11.1 Å². The molecule has 0 heterocycles. The van der Waals surface area contributed by atoms with E-state index in [1.807, 2.05) is 49.4 Å². The average Bonchev–Trinajstić information content (AvgIpc) is 2.69. The molecule has 3 aromatic rings. The van der Waals surface area contributed by atoms with Crippen LogP contribution in [0.3, 0.4) is 0 Å². The minimum absolute atomic E-state index is 0.139. The van der Waals surface area contributed by atoms with Crippen LogP contribution in [0.15, 0.2) is 78.9 Å². The Hall–Kier alpha value is -3.60. The van der Waals surface area contributed by atoms with Crippen molar-refractivity contribution < 1.29 is 19.1 Å². The number of para-hydroxylation sites is 1. The first kappa shape index (κ1) is 18.2. The number of amides is 1. The lowest BCUT2D eigenvalue weighted by Crippen LogP contribution is -2.18. The number of ether oxygens (including phenoxy) is 2. The van der Waals surface area contributed by atoms with Crippen molar-refractivity contribution in [3.8, 4) is 5.75 Å². The molecule has 1 amide bonds. The second-order valence-electron chi connectivity index (χ2n) is 5.94. The zero-order valence-corrected chi connectivity index (χ0v) is 14.8. The number of rotatable bonds is 5. The number of carbonyl (C=O) groups excluding carboxylic acids is 2. The van der Waals surface area contributed by atoms with E-state index in [4.69, 9.17) is 9.47 Å². The van der Waals surface area contributed by atoms with Crippen LogP contribution in [0.25, 0.3) is 0 Å². The van der Waals surface area contributed by atoms with Crippen molar-refractivity contribution in [2.75, 3.05) is 5.32 Å². The summed E-state index contributed by atoms with van der Waals surface area (Å²) in [6, 6.07) is 23.1. The van der Waals surface area contributed by atoms with Gasteiger partial charge in [-0.2, -0.15) is 0 Å². The Morgan fingerprint density at radius 3 is 2.26 bits per heavy atom. The molecule has 5 nitrogen and oxygen atoms in total. The molecule has 0 spiro atoms. The highest BCUT2D eigenvalue weighted by Gasteiger charge is 2.16. The summed E-state index contributed by atoms with van der Waals surface area (Å²) >= 11 is 0. The number of carbonyl (C=O) groups is 2. The van der Waals surface area contributed by atoms with Gasteiger partial charge in [-0.1, -0.05) is 60.2 Å². The van der Waals surface area contributed by atoms with Gasteiger partial charge in [0.1, 0.15) is 17.9 Å². The van der Waals surface area contributed by atoms with Gasteiger partial charge in [0, 0.05) is 5.69 Å². The number of anilines is 1. The lowest BCUT2D eigenvalue weighted by Gasteiger charge is -2.11. The highest BCUT2D eigenvalue weighted by Crippen LogP contribution is 2.20. The molecule has 136 valence electrons. The maximum atomic E-state index is 12.4. The zero-order chi connectivity index (χ0) is 19.1. The Kier molecular flexibility index (Phi) is 5.84. The summed E-state index contributed by atoms with van der Waals surface area (Å²) in [5.74, 6) is -0.419. The van der Waals surface area contributed by atoms with Gasteiger partial charge in [0.2, 0.25) is 0 Å². The van der Waals surface area contributed by atoms with Crippen LogP contribution in [0.1, 0.15) is 21.5 Å². The summed E-state index contributed by atoms with van der Waals surface area (Å²) in [7, 11) is 0. The third-order valence-electron chi connectivity index (χ3n) is 3.82. The molecule has 1 N–H and O–H groups in total. The van der Waals surface area contributed by atoms with E-state index in [1.54, 1.807) is 36.4 Å². The molecule has 3 rings (SSSR count). The minimum Gasteiger partial charge on any atom is -0.457 e. The van der Waals surface area contributed by atoms with Crippen LogP contribution < -0.4 is 10.1 Å². The fraction of sp³-hybridized carbons (Fsp3) is 0.0909. The van der Waals surface area contributed by atoms with Crippen molar-refractivity contribution in [3.05, 3.63) is 95.6 Å². The molecular formula is C22H19NO4. The smallest absolute Gasteiger partial charge is 0.417 e. The number of esters is 1. The third kappa shape index (κ3) is 5.19. The molecule has 27 heavy (non-hydrogen) atoms. The molecule has 0 saturated carbocycles. The Labute approximate surface area is 157 Å². The molecule has 0 unspecified atom stereocenters. The minimum atomic E-state index is -0.679. The van der Waals surface area contributed by atoms with Crippen LogP contribution in [0.5, 0.6) is 5.75 Å². The molecule has 0 aliphatic heterocycles. The summed E-state index contributed by atoms with van der Waals surface area (Å²) in [6.07, 6.45) is -0.679. The molecule has 0 aliphatic carbocycles. The molecule has 0 saturated heterocycles. The monoisotopic (exact) mass is 361 g/mol. The van der Waals surface area contributed by atoms with Crippen LogP contribution in [0.2, 0.25) is 0 Å². The van der Waals surface area contributed by atoms with Gasteiger partial charge in [-0.25, -0.2) is 9.59 Å². The van der Waals surface area contributed by atoms with E-state index in [2.05, 4.69) is 5.32 Å². The molecule has 0 atom stereocenters. The first-order valence-corrected chi connectivity index (χ1v) is 8.47. The normalized spacial score (nSPS) is 10.1. The lowest BCUT2D eigenvalue weighted by molar-refractivity contribution is 0.0470. The predicted octanol–water partition coefficient (Wildman–Crippen LogP) is 4.96. The average molecular weight is 361 g/mol. The van der Waals surface area contributed by atoms with Gasteiger partial charge in [-0.3, -0.25) is 5.32 Å². The van der Waals surface area contributed by atoms with Crippen molar-refractivity contribution in [3.63, 3.8) is 0 Å². The quantitative estimate of drug-likeness (QED) is 0.652. The summed E-state index contributed by atoms with van der Waals surface area (Å²) in [5.41, 5.74) is 2.75. The Morgan fingerprint density at radius 2 is 1.52 bits per heavy atom. The Balaban J connectivity index is 1.65. The molecular weight excluding hydrogens is 342 g/mol. The van der Waals surface area contributed by atoms with Crippen LogP contribution in [-0.2, 0) is 11.3 Å². The maximum absolute atomic E-state index is 12.4. The predicted molar refractivity (Wildman–Crippen MR) is 103 cm³/mol. The number of hydrogen-bond donors (Lipinski definition) is 1. The van der Waals surface area contributed by atoms with Crippen molar-refractivity contribution in [2.24, 2.45) is 0 Å². The van der Waals surface area contributed by atoms with E-state index in [-0.39, 0.29) is 17.9 Å². The Morgan fingerprint density at radius 1 is 0.852 bits per heavy atom. The highest BCUT2D eigenvalue weighted by atomic mass is 16.6. The SMILES string of the molecule is Cc1ccc(NC(=O)Oc2ccccc2C(=O)OCc2ccccc2)cc1. The van der Waals surface area contributed by atoms with Crippen LogP contribution in [-0.4, -0.2) is 12.1 Å². The van der Waals surface area contributed by atoms with Gasteiger partial charge in [-0.15, -0.1) is 0 Å². The zero-order valence-electron chi connectivity index (χ0n) is 14.8. The molecule has 0 aliphatic rings. The maximum Gasteiger partial charge on any atom is 0.417 e. The number of benzene rings is 3. The topological polar surface area (TPSA) is 64.6 Å². The first-order chi connectivity index (χ1) is 13.1. The summed E-state index contributed by atoms with van der Waals surface area (Å²) in [6.45, 7) is 2.10. The van der Waals surface area contributed by atoms with Gasteiger partial charge in [-0.05, 0) is 36.8 Å². The molecule has 0 fully saturated rings.